The molecule has 3 rings (SSSR count). The Labute approximate surface area is 118 Å². The second kappa shape index (κ2) is 6.05. The first kappa shape index (κ1) is 13.1. The van der Waals surface area contributed by atoms with Gasteiger partial charge < -0.3 is 15.4 Å². The van der Waals surface area contributed by atoms with Gasteiger partial charge in [0.25, 0.3) is 5.88 Å². The lowest BCUT2D eigenvalue weighted by Gasteiger charge is -2.14. The Morgan fingerprint density at radius 1 is 1.30 bits per heavy atom. The van der Waals surface area contributed by atoms with E-state index in [9.17, 15) is 0 Å². The van der Waals surface area contributed by atoms with Crippen LogP contribution in [0, 0.1) is 5.92 Å². The summed E-state index contributed by atoms with van der Waals surface area (Å²) in [6, 6.07) is 7.86. The average Bonchev–Trinajstić information content (AvgIpc) is 2.98. The molecule has 1 aliphatic rings. The normalized spacial score (nSPS) is 18.4. The smallest absolute Gasteiger partial charge is 0.258 e. The molecular formula is C15H20N4O. The van der Waals surface area contributed by atoms with E-state index in [0.29, 0.717) is 18.4 Å². The van der Waals surface area contributed by atoms with E-state index in [-0.39, 0.29) is 0 Å². The molecule has 1 saturated heterocycles. The summed E-state index contributed by atoms with van der Waals surface area (Å²) in [6.07, 6.45) is 1.21. The molecule has 106 valence electrons. The minimum Gasteiger partial charge on any atom is -0.475 e. The molecule has 1 aromatic carbocycles. The molecule has 0 amide bonds. The molecular weight excluding hydrogens is 252 g/mol. The zero-order valence-electron chi connectivity index (χ0n) is 11.7. The predicted molar refractivity (Wildman–Crippen MR) is 80.2 cm³/mol. The Kier molecular flexibility index (Phi) is 3.97. The number of nitrogens with zero attached hydrogens (tertiary/aromatic N) is 2. The lowest BCUT2D eigenvalue weighted by Crippen LogP contribution is -2.18. The molecule has 1 aromatic heterocycles. The minimum atomic E-state index is 0.590. The van der Waals surface area contributed by atoms with Gasteiger partial charge in [0.15, 0.2) is 5.82 Å². The maximum atomic E-state index is 5.61. The maximum absolute atomic E-state index is 5.61. The van der Waals surface area contributed by atoms with E-state index in [0.717, 1.165) is 36.5 Å². The highest BCUT2D eigenvalue weighted by Crippen LogP contribution is 2.24. The van der Waals surface area contributed by atoms with E-state index in [2.05, 4.69) is 20.6 Å². The van der Waals surface area contributed by atoms with Crippen LogP contribution >= 0.6 is 0 Å². The SMILES string of the molecule is CCOc1nc2ccccc2nc1NC[C@H]1CCNC1. The van der Waals surface area contributed by atoms with Gasteiger partial charge in [-0.25, -0.2) is 9.97 Å². The molecule has 0 bridgehead atoms. The summed E-state index contributed by atoms with van der Waals surface area (Å²) in [4.78, 5) is 9.18. The first-order chi connectivity index (χ1) is 9.86. The minimum absolute atomic E-state index is 0.590. The van der Waals surface area contributed by atoms with Gasteiger partial charge in [-0.15, -0.1) is 0 Å². The number of aromatic nitrogens is 2. The predicted octanol–water partition coefficient (Wildman–Crippen LogP) is 2.05. The van der Waals surface area contributed by atoms with Crippen molar-refractivity contribution < 1.29 is 4.74 Å². The van der Waals surface area contributed by atoms with E-state index in [4.69, 9.17) is 4.74 Å². The quantitative estimate of drug-likeness (QED) is 0.872. The second-order valence-corrected chi connectivity index (χ2v) is 5.04. The highest BCUT2D eigenvalue weighted by atomic mass is 16.5. The monoisotopic (exact) mass is 272 g/mol. The highest BCUT2D eigenvalue weighted by Gasteiger charge is 2.16. The van der Waals surface area contributed by atoms with Gasteiger partial charge >= 0.3 is 0 Å². The molecule has 1 aliphatic heterocycles. The number of rotatable bonds is 5. The summed E-state index contributed by atoms with van der Waals surface area (Å²) >= 11 is 0. The molecule has 0 saturated carbocycles. The second-order valence-electron chi connectivity index (χ2n) is 5.04. The standard InChI is InChI=1S/C15H20N4O/c1-2-20-15-14(17-10-11-7-8-16-9-11)18-12-5-3-4-6-13(12)19-15/h3-6,11,16H,2,7-10H2,1H3,(H,17,18)/t11-/m0/s1. The number of nitrogens with one attached hydrogen (secondary N) is 2. The Balaban J connectivity index is 1.84. The molecule has 2 aromatic rings. The van der Waals surface area contributed by atoms with E-state index in [1.54, 1.807) is 0 Å². The van der Waals surface area contributed by atoms with Gasteiger partial charge in [-0.2, -0.15) is 0 Å². The molecule has 20 heavy (non-hydrogen) atoms. The molecule has 1 fully saturated rings. The van der Waals surface area contributed by atoms with Crippen molar-refractivity contribution in [3.8, 4) is 5.88 Å². The van der Waals surface area contributed by atoms with Crippen molar-refractivity contribution in [1.82, 2.24) is 15.3 Å². The third-order valence-corrected chi connectivity index (χ3v) is 3.54. The Morgan fingerprint density at radius 2 is 2.10 bits per heavy atom. The van der Waals surface area contributed by atoms with Gasteiger partial charge in [0.2, 0.25) is 0 Å². The molecule has 5 nitrogen and oxygen atoms in total. The highest BCUT2D eigenvalue weighted by molar-refractivity contribution is 5.77. The van der Waals surface area contributed by atoms with Gasteiger partial charge in [0.05, 0.1) is 17.6 Å². The van der Waals surface area contributed by atoms with Crippen molar-refractivity contribution in [2.45, 2.75) is 13.3 Å². The number of fused-ring (bicyclic) bond motifs is 1. The van der Waals surface area contributed by atoms with Crippen LogP contribution < -0.4 is 15.4 Å². The van der Waals surface area contributed by atoms with Gasteiger partial charge in [-0.3, -0.25) is 0 Å². The number of anilines is 1. The first-order valence-electron chi connectivity index (χ1n) is 7.21. The van der Waals surface area contributed by atoms with Crippen molar-refractivity contribution >= 4 is 16.9 Å². The summed E-state index contributed by atoms with van der Waals surface area (Å²) in [5.74, 6) is 1.99. The van der Waals surface area contributed by atoms with Crippen LogP contribution in [0.2, 0.25) is 0 Å². The van der Waals surface area contributed by atoms with Crippen molar-refractivity contribution in [3.05, 3.63) is 24.3 Å². The van der Waals surface area contributed by atoms with E-state index in [1.165, 1.54) is 6.42 Å². The molecule has 1 atom stereocenters. The molecule has 0 radical (unpaired) electrons. The largest absolute Gasteiger partial charge is 0.475 e. The third kappa shape index (κ3) is 2.82. The summed E-state index contributed by atoms with van der Waals surface area (Å²) in [5.41, 5.74) is 1.76. The van der Waals surface area contributed by atoms with Gasteiger partial charge in [-0.1, -0.05) is 12.1 Å². The number of benzene rings is 1. The van der Waals surface area contributed by atoms with Crippen molar-refractivity contribution in [3.63, 3.8) is 0 Å². The summed E-state index contributed by atoms with van der Waals surface area (Å²) in [6.45, 7) is 5.63. The fourth-order valence-corrected chi connectivity index (χ4v) is 2.47. The Morgan fingerprint density at radius 3 is 2.80 bits per heavy atom. The molecule has 0 aliphatic carbocycles. The fourth-order valence-electron chi connectivity index (χ4n) is 2.47. The number of hydrogen-bond donors (Lipinski definition) is 2. The van der Waals surface area contributed by atoms with Gasteiger partial charge in [0.1, 0.15) is 0 Å². The van der Waals surface area contributed by atoms with Crippen LogP contribution in [0.25, 0.3) is 11.0 Å². The molecule has 2 heterocycles. The topological polar surface area (TPSA) is 59.1 Å². The number of ether oxygens (including phenoxy) is 1. The lowest BCUT2D eigenvalue weighted by molar-refractivity contribution is 0.328. The van der Waals surface area contributed by atoms with Gasteiger partial charge in [0, 0.05) is 6.54 Å². The van der Waals surface area contributed by atoms with Crippen molar-refractivity contribution in [2.24, 2.45) is 5.92 Å². The van der Waals surface area contributed by atoms with E-state index >= 15 is 0 Å². The van der Waals surface area contributed by atoms with Crippen LogP contribution in [0.1, 0.15) is 13.3 Å². The lowest BCUT2D eigenvalue weighted by atomic mass is 10.1. The van der Waals surface area contributed by atoms with Crippen LogP contribution in [0.4, 0.5) is 5.82 Å². The molecule has 5 heteroatoms. The van der Waals surface area contributed by atoms with Crippen LogP contribution in [0.5, 0.6) is 5.88 Å². The summed E-state index contributed by atoms with van der Waals surface area (Å²) in [5, 5.41) is 6.76. The Hall–Kier alpha value is -1.88. The molecule has 0 spiro atoms. The van der Waals surface area contributed by atoms with Crippen LogP contribution in [-0.4, -0.2) is 36.2 Å². The number of hydrogen-bond acceptors (Lipinski definition) is 5. The average molecular weight is 272 g/mol. The fraction of sp³-hybridized carbons (Fsp3) is 0.467. The third-order valence-electron chi connectivity index (χ3n) is 3.54. The van der Waals surface area contributed by atoms with Crippen molar-refractivity contribution in [1.29, 1.82) is 0 Å². The summed E-state index contributed by atoms with van der Waals surface area (Å²) < 4.78 is 5.61. The Bertz CT molecular complexity index is 581. The van der Waals surface area contributed by atoms with Crippen LogP contribution in [-0.2, 0) is 0 Å². The zero-order valence-corrected chi connectivity index (χ0v) is 11.7. The molecule has 0 unspecified atom stereocenters. The van der Waals surface area contributed by atoms with E-state index < -0.39 is 0 Å². The van der Waals surface area contributed by atoms with Gasteiger partial charge in [-0.05, 0) is 44.5 Å². The number of para-hydroxylation sites is 2. The van der Waals surface area contributed by atoms with Crippen LogP contribution in [0.3, 0.4) is 0 Å². The van der Waals surface area contributed by atoms with Crippen LogP contribution in [0.15, 0.2) is 24.3 Å². The maximum Gasteiger partial charge on any atom is 0.258 e. The zero-order chi connectivity index (χ0) is 13.8. The first-order valence-corrected chi connectivity index (χ1v) is 7.21. The van der Waals surface area contributed by atoms with Crippen molar-refractivity contribution in [2.75, 3.05) is 31.6 Å². The summed E-state index contributed by atoms with van der Waals surface area (Å²) in [7, 11) is 0. The van der Waals surface area contributed by atoms with E-state index in [1.807, 2.05) is 31.2 Å². The molecule has 2 N–H and O–H groups in total.